The fraction of sp³-hybridized carbons (Fsp3) is 0.364. The SMILES string of the molecule is C=Cc1cccc(NC(=O)Nc2sc(C(C)(C)C)cc2C(=O)N2CCS(=O)(=O)CC2)c1. The molecule has 0 saturated carbocycles. The predicted molar refractivity (Wildman–Crippen MR) is 127 cm³/mol. The smallest absolute Gasteiger partial charge is 0.324 e. The van der Waals surface area contributed by atoms with Crippen LogP contribution in [0.25, 0.3) is 6.08 Å². The van der Waals surface area contributed by atoms with Gasteiger partial charge in [0.25, 0.3) is 5.91 Å². The second kappa shape index (κ2) is 8.84. The molecule has 1 aromatic heterocycles. The van der Waals surface area contributed by atoms with E-state index in [0.29, 0.717) is 16.3 Å². The summed E-state index contributed by atoms with van der Waals surface area (Å²) in [5.41, 5.74) is 1.65. The number of benzene rings is 1. The fourth-order valence-corrected chi connectivity index (χ4v) is 5.41. The van der Waals surface area contributed by atoms with Gasteiger partial charge in [0.2, 0.25) is 0 Å². The minimum atomic E-state index is -3.10. The lowest BCUT2D eigenvalue weighted by molar-refractivity contribution is 0.0771. The molecule has 3 amide bonds. The van der Waals surface area contributed by atoms with Gasteiger partial charge in [-0.2, -0.15) is 0 Å². The Morgan fingerprint density at radius 1 is 1.13 bits per heavy atom. The minimum absolute atomic E-state index is 0.0438. The Morgan fingerprint density at radius 2 is 1.81 bits per heavy atom. The first-order valence-electron chi connectivity index (χ1n) is 9.93. The van der Waals surface area contributed by atoms with E-state index in [9.17, 15) is 18.0 Å². The lowest BCUT2D eigenvalue weighted by Gasteiger charge is -2.26. The molecule has 31 heavy (non-hydrogen) atoms. The van der Waals surface area contributed by atoms with Gasteiger partial charge < -0.3 is 10.2 Å². The monoisotopic (exact) mass is 461 g/mol. The highest BCUT2D eigenvalue weighted by Crippen LogP contribution is 2.37. The van der Waals surface area contributed by atoms with Crippen LogP contribution in [-0.2, 0) is 15.3 Å². The maximum Gasteiger partial charge on any atom is 0.324 e. The van der Waals surface area contributed by atoms with Crippen LogP contribution in [0.1, 0.15) is 41.6 Å². The number of anilines is 2. The number of amides is 3. The number of nitrogens with zero attached hydrogens (tertiary/aromatic N) is 1. The maximum atomic E-state index is 13.2. The zero-order chi connectivity index (χ0) is 22.8. The highest BCUT2D eigenvalue weighted by Gasteiger charge is 2.30. The number of hydrogen-bond acceptors (Lipinski definition) is 5. The second-order valence-electron chi connectivity index (χ2n) is 8.46. The van der Waals surface area contributed by atoms with Crippen molar-refractivity contribution in [3.63, 3.8) is 0 Å². The summed E-state index contributed by atoms with van der Waals surface area (Å²) in [7, 11) is -3.10. The summed E-state index contributed by atoms with van der Waals surface area (Å²) in [4.78, 5) is 28.3. The number of carbonyl (C=O) groups excluding carboxylic acids is 2. The molecule has 0 unspecified atom stereocenters. The molecule has 1 aliphatic rings. The molecular weight excluding hydrogens is 434 g/mol. The van der Waals surface area contributed by atoms with E-state index in [2.05, 4.69) is 17.2 Å². The van der Waals surface area contributed by atoms with Crippen LogP contribution in [0.3, 0.4) is 0 Å². The third kappa shape index (κ3) is 5.74. The van der Waals surface area contributed by atoms with Crippen molar-refractivity contribution in [2.75, 3.05) is 35.2 Å². The van der Waals surface area contributed by atoms with Crippen LogP contribution in [0.4, 0.5) is 15.5 Å². The Balaban J connectivity index is 1.83. The van der Waals surface area contributed by atoms with Crippen LogP contribution in [-0.4, -0.2) is 49.9 Å². The first-order valence-corrected chi connectivity index (χ1v) is 12.6. The van der Waals surface area contributed by atoms with Gasteiger partial charge in [0.05, 0.1) is 17.1 Å². The van der Waals surface area contributed by atoms with Gasteiger partial charge in [-0.1, -0.05) is 45.6 Å². The van der Waals surface area contributed by atoms with E-state index in [1.807, 2.05) is 32.9 Å². The summed E-state index contributed by atoms with van der Waals surface area (Å²) in [5, 5.41) is 6.02. The molecule has 166 valence electrons. The van der Waals surface area contributed by atoms with Crippen LogP contribution >= 0.6 is 11.3 Å². The second-order valence-corrected chi connectivity index (χ2v) is 11.8. The van der Waals surface area contributed by atoms with Crippen LogP contribution in [0, 0.1) is 0 Å². The topological polar surface area (TPSA) is 95.6 Å². The number of urea groups is 1. The summed E-state index contributed by atoms with van der Waals surface area (Å²) in [6.07, 6.45) is 1.69. The molecule has 1 saturated heterocycles. The molecule has 0 atom stereocenters. The van der Waals surface area contributed by atoms with Crippen molar-refractivity contribution in [3.8, 4) is 0 Å². The number of thiophene rings is 1. The summed E-state index contributed by atoms with van der Waals surface area (Å²) >= 11 is 1.35. The highest BCUT2D eigenvalue weighted by atomic mass is 32.2. The van der Waals surface area contributed by atoms with Crippen molar-refractivity contribution in [1.29, 1.82) is 0 Å². The molecule has 0 spiro atoms. The van der Waals surface area contributed by atoms with Gasteiger partial charge in [-0.05, 0) is 29.2 Å². The Hall–Kier alpha value is -2.65. The summed E-state index contributed by atoms with van der Waals surface area (Å²) in [6.45, 7) is 10.1. The molecule has 7 nitrogen and oxygen atoms in total. The average molecular weight is 462 g/mol. The Morgan fingerprint density at radius 3 is 2.42 bits per heavy atom. The third-order valence-corrected chi connectivity index (χ3v) is 8.03. The number of rotatable bonds is 4. The third-order valence-electron chi connectivity index (χ3n) is 4.94. The highest BCUT2D eigenvalue weighted by molar-refractivity contribution is 7.91. The van der Waals surface area contributed by atoms with Gasteiger partial charge in [0.1, 0.15) is 5.00 Å². The molecule has 0 aliphatic carbocycles. The average Bonchev–Trinajstić information content (AvgIpc) is 3.11. The Bertz CT molecular complexity index is 1100. The zero-order valence-electron chi connectivity index (χ0n) is 17.9. The van der Waals surface area contributed by atoms with Crippen molar-refractivity contribution in [2.45, 2.75) is 26.2 Å². The fourth-order valence-electron chi connectivity index (χ4n) is 3.11. The molecule has 2 heterocycles. The summed E-state index contributed by atoms with van der Waals surface area (Å²) < 4.78 is 23.4. The molecule has 2 N–H and O–H groups in total. The van der Waals surface area contributed by atoms with E-state index >= 15 is 0 Å². The predicted octanol–water partition coefficient (Wildman–Crippen LogP) is 4.20. The number of hydrogen-bond donors (Lipinski definition) is 2. The van der Waals surface area contributed by atoms with Gasteiger partial charge >= 0.3 is 6.03 Å². The Labute approximate surface area is 187 Å². The van der Waals surface area contributed by atoms with Crippen molar-refractivity contribution in [3.05, 3.63) is 52.9 Å². The van der Waals surface area contributed by atoms with Crippen LogP contribution in [0.5, 0.6) is 0 Å². The molecule has 1 fully saturated rings. The number of carbonyl (C=O) groups is 2. The molecule has 0 bridgehead atoms. The first kappa shape index (κ1) is 23.0. The minimum Gasteiger partial charge on any atom is -0.337 e. The zero-order valence-corrected chi connectivity index (χ0v) is 19.5. The van der Waals surface area contributed by atoms with Crippen LogP contribution in [0.15, 0.2) is 36.9 Å². The standard InChI is InChI=1S/C22H27N3O4S2/c1-5-15-7-6-8-16(13-15)23-21(27)24-19-17(14-18(30-19)22(2,3)4)20(26)25-9-11-31(28,29)12-10-25/h5-8,13-14H,1,9-12H2,2-4H3,(H2,23,24,27). The van der Waals surface area contributed by atoms with E-state index in [1.54, 1.807) is 24.3 Å². The van der Waals surface area contributed by atoms with Gasteiger partial charge in [0.15, 0.2) is 9.84 Å². The molecule has 1 aromatic carbocycles. The van der Waals surface area contributed by atoms with Crippen molar-refractivity contribution in [2.24, 2.45) is 0 Å². The van der Waals surface area contributed by atoms with Crippen LogP contribution in [0.2, 0.25) is 0 Å². The van der Waals surface area contributed by atoms with Crippen LogP contribution < -0.4 is 10.6 Å². The number of nitrogens with one attached hydrogen (secondary N) is 2. The van der Waals surface area contributed by atoms with Crippen molar-refractivity contribution >= 4 is 49.9 Å². The molecule has 2 aromatic rings. The van der Waals surface area contributed by atoms with Gasteiger partial charge in [-0.25, -0.2) is 13.2 Å². The summed E-state index contributed by atoms with van der Waals surface area (Å²) in [5.74, 6) is -0.360. The maximum absolute atomic E-state index is 13.2. The normalized spacial score (nSPS) is 15.9. The number of sulfone groups is 1. The molecular formula is C22H27N3O4S2. The largest absolute Gasteiger partial charge is 0.337 e. The molecule has 0 radical (unpaired) electrons. The van der Waals surface area contributed by atoms with E-state index in [-0.39, 0.29) is 35.9 Å². The van der Waals surface area contributed by atoms with Gasteiger partial charge in [0, 0.05) is 23.7 Å². The van der Waals surface area contributed by atoms with E-state index in [0.717, 1.165) is 10.4 Å². The lowest BCUT2D eigenvalue weighted by atomic mass is 9.94. The van der Waals surface area contributed by atoms with E-state index < -0.39 is 15.9 Å². The molecule has 3 rings (SSSR count). The molecule has 1 aliphatic heterocycles. The van der Waals surface area contributed by atoms with Crippen molar-refractivity contribution in [1.82, 2.24) is 4.90 Å². The lowest BCUT2D eigenvalue weighted by Crippen LogP contribution is -2.43. The quantitative estimate of drug-likeness (QED) is 0.713. The molecule has 9 heteroatoms. The van der Waals surface area contributed by atoms with Gasteiger partial charge in [-0.15, -0.1) is 11.3 Å². The first-order chi connectivity index (χ1) is 14.5. The summed E-state index contributed by atoms with van der Waals surface area (Å²) in [6, 6.07) is 8.59. The Kier molecular flexibility index (Phi) is 6.56. The van der Waals surface area contributed by atoms with Gasteiger partial charge in [-0.3, -0.25) is 10.1 Å². The van der Waals surface area contributed by atoms with Crippen molar-refractivity contribution < 1.29 is 18.0 Å². The van der Waals surface area contributed by atoms with E-state index in [4.69, 9.17) is 0 Å². The van der Waals surface area contributed by atoms with E-state index in [1.165, 1.54) is 16.2 Å².